The van der Waals surface area contributed by atoms with Gasteiger partial charge in [0.05, 0.1) is 0 Å². The Hall–Kier alpha value is -1.14. The SMILES string of the molecule is COCCC(NC(=O)C1CCC(N)C(C)C1(C)C)C(=O)O. The maximum absolute atomic E-state index is 12.5. The molecular formula is C15H28N2O4. The van der Waals surface area contributed by atoms with Gasteiger partial charge < -0.3 is 20.9 Å². The number of carboxylic acids is 1. The van der Waals surface area contributed by atoms with Crippen LogP contribution >= 0.6 is 0 Å². The highest BCUT2D eigenvalue weighted by atomic mass is 16.5. The second kappa shape index (κ2) is 7.22. The zero-order valence-corrected chi connectivity index (χ0v) is 13.4. The quantitative estimate of drug-likeness (QED) is 0.679. The zero-order valence-electron chi connectivity index (χ0n) is 13.4. The van der Waals surface area contributed by atoms with Gasteiger partial charge in [-0.2, -0.15) is 0 Å². The molecule has 1 amide bonds. The molecule has 0 heterocycles. The number of aliphatic carboxylic acids is 1. The lowest BCUT2D eigenvalue weighted by molar-refractivity contribution is -0.145. The largest absolute Gasteiger partial charge is 0.480 e. The third-order valence-electron chi connectivity index (χ3n) is 5.04. The average Bonchev–Trinajstić information content (AvgIpc) is 2.40. The molecule has 21 heavy (non-hydrogen) atoms. The van der Waals surface area contributed by atoms with E-state index in [0.717, 1.165) is 6.42 Å². The molecule has 0 saturated heterocycles. The molecule has 6 heteroatoms. The van der Waals surface area contributed by atoms with Crippen LogP contribution in [0.25, 0.3) is 0 Å². The van der Waals surface area contributed by atoms with Gasteiger partial charge in [0.1, 0.15) is 6.04 Å². The number of hydrogen-bond acceptors (Lipinski definition) is 4. The summed E-state index contributed by atoms with van der Waals surface area (Å²) in [6, 6.07) is -0.813. The van der Waals surface area contributed by atoms with Gasteiger partial charge in [0, 0.05) is 32.1 Å². The van der Waals surface area contributed by atoms with Gasteiger partial charge in [-0.25, -0.2) is 4.79 Å². The molecule has 1 aliphatic rings. The van der Waals surface area contributed by atoms with Crippen molar-refractivity contribution in [2.24, 2.45) is 23.0 Å². The third-order valence-corrected chi connectivity index (χ3v) is 5.04. The molecule has 0 aliphatic heterocycles. The van der Waals surface area contributed by atoms with Crippen LogP contribution in [-0.2, 0) is 14.3 Å². The van der Waals surface area contributed by atoms with Crippen LogP contribution in [0.1, 0.15) is 40.0 Å². The number of amides is 1. The second-order valence-corrected chi connectivity index (χ2v) is 6.58. The van der Waals surface area contributed by atoms with Crippen molar-refractivity contribution in [3.05, 3.63) is 0 Å². The molecule has 0 bridgehead atoms. The van der Waals surface area contributed by atoms with Crippen LogP contribution < -0.4 is 11.1 Å². The van der Waals surface area contributed by atoms with Crippen LogP contribution in [0.5, 0.6) is 0 Å². The van der Waals surface area contributed by atoms with Crippen molar-refractivity contribution in [1.82, 2.24) is 5.32 Å². The summed E-state index contributed by atoms with van der Waals surface area (Å²) in [6.07, 6.45) is 1.75. The predicted octanol–water partition coefficient (Wildman–Crippen LogP) is 0.992. The molecule has 1 fully saturated rings. The molecule has 0 aromatic heterocycles. The van der Waals surface area contributed by atoms with Crippen molar-refractivity contribution in [3.63, 3.8) is 0 Å². The van der Waals surface area contributed by atoms with Crippen molar-refractivity contribution in [3.8, 4) is 0 Å². The zero-order chi connectivity index (χ0) is 16.2. The first-order valence-electron chi connectivity index (χ1n) is 7.49. The average molecular weight is 300 g/mol. The summed E-state index contributed by atoms with van der Waals surface area (Å²) in [7, 11) is 1.51. The van der Waals surface area contributed by atoms with E-state index in [9.17, 15) is 14.7 Å². The maximum atomic E-state index is 12.5. The minimum absolute atomic E-state index is 0.0906. The predicted molar refractivity (Wildman–Crippen MR) is 79.7 cm³/mol. The van der Waals surface area contributed by atoms with Crippen molar-refractivity contribution in [1.29, 1.82) is 0 Å². The molecule has 0 aromatic rings. The highest BCUT2D eigenvalue weighted by Crippen LogP contribution is 2.44. The Morgan fingerprint density at radius 1 is 1.43 bits per heavy atom. The van der Waals surface area contributed by atoms with Gasteiger partial charge >= 0.3 is 5.97 Å². The van der Waals surface area contributed by atoms with Crippen LogP contribution in [-0.4, -0.2) is 42.8 Å². The molecule has 4 N–H and O–H groups in total. The molecular weight excluding hydrogens is 272 g/mol. The van der Waals surface area contributed by atoms with Crippen molar-refractivity contribution in [2.45, 2.75) is 52.1 Å². The van der Waals surface area contributed by atoms with E-state index in [2.05, 4.69) is 12.2 Å². The van der Waals surface area contributed by atoms with Gasteiger partial charge in [-0.1, -0.05) is 20.8 Å². The highest BCUT2D eigenvalue weighted by Gasteiger charge is 2.45. The monoisotopic (exact) mass is 300 g/mol. The van der Waals surface area contributed by atoms with Gasteiger partial charge in [-0.15, -0.1) is 0 Å². The van der Waals surface area contributed by atoms with Crippen LogP contribution in [0.4, 0.5) is 0 Å². The fourth-order valence-corrected chi connectivity index (χ4v) is 3.08. The highest BCUT2D eigenvalue weighted by molar-refractivity contribution is 5.85. The summed E-state index contributed by atoms with van der Waals surface area (Å²) < 4.78 is 4.89. The normalized spacial score (nSPS) is 29.7. The van der Waals surface area contributed by atoms with Gasteiger partial charge in [0.15, 0.2) is 0 Å². The Morgan fingerprint density at radius 2 is 2.05 bits per heavy atom. The molecule has 1 aliphatic carbocycles. The fraction of sp³-hybridized carbons (Fsp3) is 0.867. The van der Waals surface area contributed by atoms with Gasteiger partial charge in [0.25, 0.3) is 0 Å². The van der Waals surface area contributed by atoms with Crippen LogP contribution in [0.2, 0.25) is 0 Å². The first kappa shape index (κ1) is 17.9. The number of hydrogen-bond donors (Lipinski definition) is 3. The van der Waals surface area contributed by atoms with Crippen LogP contribution in [0.15, 0.2) is 0 Å². The smallest absolute Gasteiger partial charge is 0.326 e. The number of carbonyl (C=O) groups excluding carboxylic acids is 1. The molecule has 0 spiro atoms. The minimum atomic E-state index is -1.03. The Kier molecular flexibility index (Phi) is 6.16. The molecule has 6 nitrogen and oxygen atoms in total. The fourth-order valence-electron chi connectivity index (χ4n) is 3.08. The number of carbonyl (C=O) groups is 2. The van der Waals surface area contributed by atoms with Gasteiger partial charge in [-0.3, -0.25) is 4.79 Å². The Morgan fingerprint density at radius 3 is 2.57 bits per heavy atom. The van der Waals surface area contributed by atoms with E-state index in [-0.39, 0.29) is 35.6 Å². The van der Waals surface area contributed by atoms with Crippen molar-refractivity contribution >= 4 is 11.9 Å². The molecule has 1 saturated carbocycles. The number of nitrogens with two attached hydrogens (primary N) is 1. The second-order valence-electron chi connectivity index (χ2n) is 6.58. The number of rotatable bonds is 6. The Labute approximate surface area is 126 Å². The molecule has 0 aromatic carbocycles. The van der Waals surface area contributed by atoms with Gasteiger partial charge in [0.2, 0.25) is 5.91 Å². The van der Waals surface area contributed by atoms with E-state index in [1.165, 1.54) is 7.11 Å². The Bertz CT molecular complexity index is 384. The lowest BCUT2D eigenvalue weighted by atomic mass is 9.61. The van der Waals surface area contributed by atoms with Gasteiger partial charge in [-0.05, 0) is 24.2 Å². The molecule has 1 rings (SSSR count). The van der Waals surface area contributed by atoms with E-state index in [4.69, 9.17) is 10.5 Å². The number of ether oxygens (including phenoxy) is 1. The van der Waals surface area contributed by atoms with E-state index < -0.39 is 12.0 Å². The first-order chi connectivity index (χ1) is 9.71. The minimum Gasteiger partial charge on any atom is -0.480 e. The molecule has 4 atom stereocenters. The summed E-state index contributed by atoms with van der Waals surface area (Å²) in [4.78, 5) is 23.7. The summed E-state index contributed by atoms with van der Waals surface area (Å²) >= 11 is 0. The summed E-state index contributed by atoms with van der Waals surface area (Å²) in [5.41, 5.74) is 5.85. The Balaban J connectivity index is 2.75. The van der Waals surface area contributed by atoms with E-state index in [1.807, 2.05) is 13.8 Å². The topological polar surface area (TPSA) is 102 Å². The summed E-state index contributed by atoms with van der Waals surface area (Å²) in [5, 5.41) is 11.8. The van der Waals surface area contributed by atoms with Crippen LogP contribution in [0.3, 0.4) is 0 Å². The van der Waals surface area contributed by atoms with Crippen LogP contribution in [0, 0.1) is 17.3 Å². The number of methoxy groups -OCH3 is 1. The summed E-state index contributed by atoms with van der Waals surface area (Å²) in [6.45, 7) is 6.42. The van der Waals surface area contributed by atoms with E-state index >= 15 is 0 Å². The molecule has 4 unspecified atom stereocenters. The maximum Gasteiger partial charge on any atom is 0.326 e. The molecule has 0 radical (unpaired) electrons. The number of carboxylic acid groups (broad SMARTS) is 1. The van der Waals surface area contributed by atoms with E-state index in [0.29, 0.717) is 13.0 Å². The van der Waals surface area contributed by atoms with Crippen molar-refractivity contribution in [2.75, 3.05) is 13.7 Å². The molecule has 122 valence electrons. The van der Waals surface area contributed by atoms with Crippen molar-refractivity contribution < 1.29 is 19.4 Å². The lowest BCUT2D eigenvalue weighted by Gasteiger charge is -2.46. The van der Waals surface area contributed by atoms with E-state index in [1.54, 1.807) is 0 Å². The third kappa shape index (κ3) is 4.17. The number of nitrogens with one attached hydrogen (secondary N) is 1. The summed E-state index contributed by atoms with van der Waals surface area (Å²) in [5.74, 6) is -1.22. The lowest BCUT2D eigenvalue weighted by Crippen LogP contribution is -2.54. The standard InChI is InChI=1S/C15H28N2O4/c1-9-11(16)6-5-10(15(9,2)3)13(18)17-12(14(19)20)7-8-21-4/h9-12H,5-8,16H2,1-4H3,(H,17,18)(H,19,20). The first-order valence-corrected chi connectivity index (χ1v) is 7.49.